The zero-order valence-electron chi connectivity index (χ0n) is 16.0. The first-order valence-electron chi connectivity index (χ1n) is 9.08. The molecule has 2 heterocycles. The Bertz CT molecular complexity index is 1080. The lowest BCUT2D eigenvalue weighted by Crippen LogP contribution is -2.25. The number of benzene rings is 1. The molecule has 0 unspecified atom stereocenters. The van der Waals surface area contributed by atoms with Gasteiger partial charge in [-0.2, -0.15) is 0 Å². The SMILES string of the molecule is CCOC(=O)c1ccc2c(c1)n(CCC(=O)Nc1cc(C)on1)c(=O)n2CC. The maximum absolute atomic E-state index is 12.8. The molecule has 148 valence electrons. The van der Waals surface area contributed by atoms with Gasteiger partial charge in [-0.05, 0) is 39.0 Å². The molecule has 0 aliphatic carbocycles. The molecule has 1 aromatic carbocycles. The molecule has 0 atom stereocenters. The van der Waals surface area contributed by atoms with Crippen LogP contribution in [-0.2, 0) is 22.6 Å². The average molecular weight is 386 g/mol. The molecule has 0 fully saturated rings. The first kappa shape index (κ1) is 19.4. The lowest BCUT2D eigenvalue weighted by molar-refractivity contribution is -0.116. The van der Waals surface area contributed by atoms with Gasteiger partial charge in [0.25, 0.3) is 0 Å². The Balaban J connectivity index is 1.87. The van der Waals surface area contributed by atoms with E-state index >= 15 is 0 Å². The molecule has 3 rings (SSSR count). The summed E-state index contributed by atoms with van der Waals surface area (Å²) in [6.07, 6.45) is 0.0677. The number of imidazole rings is 1. The summed E-state index contributed by atoms with van der Waals surface area (Å²) in [5.74, 6) is 0.172. The molecule has 0 saturated carbocycles. The zero-order valence-corrected chi connectivity index (χ0v) is 16.0. The number of nitrogens with one attached hydrogen (secondary N) is 1. The average Bonchev–Trinajstić information content (AvgIpc) is 3.19. The Labute approximate surface area is 160 Å². The topological polar surface area (TPSA) is 108 Å². The Morgan fingerprint density at radius 2 is 1.96 bits per heavy atom. The summed E-state index contributed by atoms with van der Waals surface area (Å²) >= 11 is 0. The number of fused-ring (bicyclic) bond motifs is 1. The molecule has 0 saturated heterocycles. The van der Waals surface area contributed by atoms with Gasteiger partial charge >= 0.3 is 11.7 Å². The van der Waals surface area contributed by atoms with Crippen LogP contribution in [0, 0.1) is 6.92 Å². The van der Waals surface area contributed by atoms with Crippen LogP contribution in [0.3, 0.4) is 0 Å². The summed E-state index contributed by atoms with van der Waals surface area (Å²) < 4.78 is 13.0. The number of carbonyl (C=O) groups excluding carboxylic acids is 2. The lowest BCUT2D eigenvalue weighted by atomic mass is 10.2. The first-order chi connectivity index (χ1) is 13.4. The van der Waals surface area contributed by atoms with Crippen LogP contribution in [0.4, 0.5) is 5.82 Å². The van der Waals surface area contributed by atoms with Crippen LogP contribution >= 0.6 is 0 Å². The van der Waals surface area contributed by atoms with E-state index in [9.17, 15) is 14.4 Å². The van der Waals surface area contributed by atoms with Gasteiger partial charge in [0.15, 0.2) is 5.82 Å². The molecule has 0 spiro atoms. The van der Waals surface area contributed by atoms with Crippen LogP contribution in [0.2, 0.25) is 0 Å². The second-order valence-corrected chi connectivity index (χ2v) is 6.22. The van der Waals surface area contributed by atoms with E-state index in [-0.39, 0.29) is 31.2 Å². The minimum absolute atomic E-state index is 0.0677. The van der Waals surface area contributed by atoms with E-state index in [1.807, 2.05) is 6.92 Å². The van der Waals surface area contributed by atoms with Crippen molar-refractivity contribution in [2.75, 3.05) is 11.9 Å². The van der Waals surface area contributed by atoms with Crippen molar-refractivity contribution in [1.29, 1.82) is 0 Å². The van der Waals surface area contributed by atoms with Gasteiger partial charge in [-0.25, -0.2) is 9.59 Å². The van der Waals surface area contributed by atoms with E-state index in [1.165, 1.54) is 4.57 Å². The summed E-state index contributed by atoms with van der Waals surface area (Å²) in [5, 5.41) is 6.34. The van der Waals surface area contributed by atoms with Crippen molar-refractivity contribution in [1.82, 2.24) is 14.3 Å². The first-order valence-corrected chi connectivity index (χ1v) is 9.08. The number of amides is 1. The molecular weight excluding hydrogens is 364 g/mol. The van der Waals surface area contributed by atoms with Gasteiger partial charge in [0, 0.05) is 25.6 Å². The number of aromatic nitrogens is 3. The Hall–Kier alpha value is -3.36. The van der Waals surface area contributed by atoms with Crippen LogP contribution < -0.4 is 11.0 Å². The fourth-order valence-corrected chi connectivity index (χ4v) is 3.03. The van der Waals surface area contributed by atoms with E-state index in [0.717, 1.165) is 0 Å². The fraction of sp³-hybridized carbons (Fsp3) is 0.368. The van der Waals surface area contributed by atoms with Crippen LogP contribution in [0.5, 0.6) is 0 Å². The van der Waals surface area contributed by atoms with E-state index in [4.69, 9.17) is 9.26 Å². The molecule has 9 heteroatoms. The van der Waals surface area contributed by atoms with Crippen molar-refractivity contribution in [2.24, 2.45) is 0 Å². The third kappa shape index (κ3) is 3.83. The monoisotopic (exact) mass is 386 g/mol. The summed E-state index contributed by atoms with van der Waals surface area (Å²) in [5.41, 5.74) is 1.41. The molecular formula is C19H22N4O5. The molecule has 0 radical (unpaired) electrons. The second-order valence-electron chi connectivity index (χ2n) is 6.22. The number of esters is 1. The number of nitrogens with zero attached hydrogens (tertiary/aromatic N) is 3. The van der Waals surface area contributed by atoms with Gasteiger partial charge < -0.3 is 14.6 Å². The van der Waals surface area contributed by atoms with Crippen molar-refractivity contribution in [3.8, 4) is 0 Å². The molecule has 9 nitrogen and oxygen atoms in total. The van der Waals surface area contributed by atoms with Crippen molar-refractivity contribution in [3.63, 3.8) is 0 Å². The molecule has 0 bridgehead atoms. The summed E-state index contributed by atoms with van der Waals surface area (Å²) in [7, 11) is 0. The van der Waals surface area contributed by atoms with E-state index in [2.05, 4.69) is 10.5 Å². The van der Waals surface area contributed by atoms with Crippen LogP contribution in [0.15, 0.2) is 33.6 Å². The van der Waals surface area contributed by atoms with Crippen molar-refractivity contribution < 1.29 is 18.8 Å². The number of ether oxygens (including phenoxy) is 1. The molecule has 0 aliphatic rings. The predicted octanol–water partition coefficient (Wildman–Crippen LogP) is 2.32. The number of rotatable bonds is 7. The number of carbonyl (C=O) groups is 2. The van der Waals surface area contributed by atoms with Crippen molar-refractivity contribution in [2.45, 2.75) is 40.3 Å². The van der Waals surface area contributed by atoms with Gasteiger partial charge in [0.05, 0.1) is 23.2 Å². The Morgan fingerprint density at radius 1 is 1.18 bits per heavy atom. The molecule has 0 aliphatic heterocycles. The quantitative estimate of drug-likeness (QED) is 0.624. The van der Waals surface area contributed by atoms with Crippen LogP contribution in [-0.4, -0.2) is 32.8 Å². The number of anilines is 1. The number of hydrogen-bond acceptors (Lipinski definition) is 6. The number of aryl methyl sites for hydroxylation is 3. The largest absolute Gasteiger partial charge is 0.462 e. The van der Waals surface area contributed by atoms with Gasteiger partial charge in [-0.15, -0.1) is 0 Å². The van der Waals surface area contributed by atoms with Crippen LogP contribution in [0.25, 0.3) is 11.0 Å². The standard InChI is InChI=1S/C19H22N4O5/c1-4-22-14-7-6-13(18(25)27-5-2)11-15(14)23(19(22)26)9-8-17(24)20-16-10-12(3)28-21-16/h6-7,10-11H,4-5,8-9H2,1-3H3,(H,20,21,24). The van der Waals surface area contributed by atoms with Gasteiger partial charge in [-0.1, -0.05) is 5.16 Å². The van der Waals surface area contributed by atoms with Crippen molar-refractivity contribution >= 4 is 28.7 Å². The highest BCUT2D eigenvalue weighted by Gasteiger charge is 2.16. The van der Waals surface area contributed by atoms with Gasteiger partial charge in [0.2, 0.25) is 5.91 Å². The summed E-state index contributed by atoms with van der Waals surface area (Å²) in [6, 6.07) is 6.59. The normalized spacial score (nSPS) is 11.0. The zero-order chi connectivity index (χ0) is 20.3. The lowest BCUT2D eigenvalue weighted by Gasteiger charge is -2.05. The minimum atomic E-state index is -0.452. The maximum Gasteiger partial charge on any atom is 0.338 e. The highest BCUT2D eigenvalue weighted by atomic mass is 16.5. The molecule has 1 N–H and O–H groups in total. The Morgan fingerprint density at radius 3 is 2.61 bits per heavy atom. The molecule has 2 aromatic heterocycles. The maximum atomic E-state index is 12.8. The number of hydrogen-bond donors (Lipinski definition) is 1. The summed E-state index contributed by atoms with van der Waals surface area (Å²) in [6.45, 7) is 6.23. The van der Waals surface area contributed by atoms with Crippen LogP contribution in [0.1, 0.15) is 36.4 Å². The third-order valence-electron chi connectivity index (χ3n) is 4.30. The van der Waals surface area contributed by atoms with E-state index < -0.39 is 5.97 Å². The van der Waals surface area contributed by atoms with Gasteiger partial charge in [0.1, 0.15) is 5.76 Å². The fourth-order valence-electron chi connectivity index (χ4n) is 3.03. The minimum Gasteiger partial charge on any atom is -0.462 e. The van der Waals surface area contributed by atoms with E-state index in [1.54, 1.807) is 42.7 Å². The van der Waals surface area contributed by atoms with E-state index in [0.29, 0.717) is 34.7 Å². The van der Waals surface area contributed by atoms with Gasteiger partial charge in [-0.3, -0.25) is 13.9 Å². The van der Waals surface area contributed by atoms with Crippen molar-refractivity contribution in [3.05, 3.63) is 46.1 Å². The second kappa shape index (κ2) is 8.12. The Kier molecular flexibility index (Phi) is 5.62. The smallest absolute Gasteiger partial charge is 0.338 e. The molecule has 28 heavy (non-hydrogen) atoms. The highest BCUT2D eigenvalue weighted by Crippen LogP contribution is 2.17. The molecule has 3 aromatic rings. The summed E-state index contributed by atoms with van der Waals surface area (Å²) in [4.78, 5) is 37.0. The predicted molar refractivity (Wildman–Crippen MR) is 102 cm³/mol. The molecule has 1 amide bonds. The third-order valence-corrected chi connectivity index (χ3v) is 4.30. The highest BCUT2D eigenvalue weighted by molar-refractivity contribution is 5.94.